The normalized spacial score (nSPS) is 13.0. The summed E-state index contributed by atoms with van der Waals surface area (Å²) < 4.78 is 0. The molecule has 9 nitrogen and oxygen atoms in total. The number of nitrogens with one attached hydrogen (secondary N) is 4. The third kappa shape index (κ3) is 5.04. The molecule has 33 heavy (non-hydrogen) atoms. The zero-order chi connectivity index (χ0) is 23.4. The summed E-state index contributed by atoms with van der Waals surface area (Å²) in [5, 5.41) is 15.9. The minimum Gasteiger partial charge on any atom is -0.480 e. The molecule has 2 heterocycles. The Bertz CT molecular complexity index is 1310. The number of hydrogen-bond donors (Lipinski definition) is 6. The molecule has 9 heteroatoms. The Morgan fingerprint density at radius 1 is 0.848 bits per heavy atom. The van der Waals surface area contributed by atoms with Gasteiger partial charge in [-0.2, -0.15) is 0 Å². The van der Waals surface area contributed by atoms with E-state index in [1.54, 1.807) is 6.20 Å². The van der Waals surface area contributed by atoms with Crippen LogP contribution in [0.2, 0.25) is 0 Å². The highest BCUT2D eigenvalue weighted by atomic mass is 16.4. The molecule has 4 rings (SSSR count). The first-order valence-electron chi connectivity index (χ1n) is 10.6. The van der Waals surface area contributed by atoms with Crippen molar-refractivity contribution in [2.45, 2.75) is 24.9 Å². The highest BCUT2D eigenvalue weighted by molar-refractivity contribution is 5.93. The molecule has 0 unspecified atom stereocenters. The van der Waals surface area contributed by atoms with Crippen LogP contribution in [-0.2, 0) is 27.2 Å². The summed E-state index contributed by atoms with van der Waals surface area (Å²) in [6.07, 6.45) is 4.06. The van der Waals surface area contributed by atoms with E-state index >= 15 is 0 Å². The van der Waals surface area contributed by atoms with Gasteiger partial charge in [0.2, 0.25) is 11.8 Å². The number of carboxylic acid groups (broad SMARTS) is 1. The fourth-order valence-corrected chi connectivity index (χ4v) is 3.92. The number of amides is 2. The van der Waals surface area contributed by atoms with Gasteiger partial charge < -0.3 is 31.4 Å². The van der Waals surface area contributed by atoms with Crippen molar-refractivity contribution >= 4 is 39.6 Å². The first-order valence-corrected chi connectivity index (χ1v) is 10.6. The van der Waals surface area contributed by atoms with Gasteiger partial charge in [0.15, 0.2) is 0 Å². The smallest absolute Gasteiger partial charge is 0.322 e. The Morgan fingerprint density at radius 2 is 1.39 bits per heavy atom. The zero-order valence-corrected chi connectivity index (χ0v) is 17.8. The number of para-hydroxylation sites is 2. The van der Waals surface area contributed by atoms with Crippen LogP contribution in [0.3, 0.4) is 0 Å². The lowest BCUT2D eigenvalue weighted by atomic mass is 10.0. The Hall–Kier alpha value is -4.11. The van der Waals surface area contributed by atoms with Crippen LogP contribution < -0.4 is 16.4 Å². The maximum absolute atomic E-state index is 12.9. The van der Waals surface area contributed by atoms with Gasteiger partial charge in [-0.1, -0.05) is 36.4 Å². The van der Waals surface area contributed by atoms with Gasteiger partial charge in [-0.05, 0) is 29.7 Å². The van der Waals surface area contributed by atoms with Gasteiger partial charge in [0.05, 0.1) is 6.04 Å². The van der Waals surface area contributed by atoms with E-state index in [9.17, 15) is 14.4 Å². The Labute approximate surface area is 189 Å². The van der Waals surface area contributed by atoms with Gasteiger partial charge in [0, 0.05) is 40.6 Å². The van der Waals surface area contributed by atoms with Crippen LogP contribution >= 0.6 is 0 Å². The largest absolute Gasteiger partial charge is 0.480 e. The van der Waals surface area contributed by atoms with E-state index in [1.165, 1.54) is 0 Å². The van der Waals surface area contributed by atoms with Crippen LogP contribution in [-0.4, -0.2) is 51.5 Å². The predicted octanol–water partition coefficient (Wildman–Crippen LogP) is 1.45. The zero-order valence-electron chi connectivity index (χ0n) is 17.8. The molecule has 170 valence electrons. The molecular weight excluding hydrogens is 422 g/mol. The van der Waals surface area contributed by atoms with Gasteiger partial charge >= 0.3 is 5.97 Å². The molecule has 0 fully saturated rings. The maximum Gasteiger partial charge on any atom is 0.322 e. The number of hydrogen-bond acceptors (Lipinski definition) is 4. The number of benzene rings is 2. The van der Waals surface area contributed by atoms with Gasteiger partial charge in [-0.25, -0.2) is 0 Å². The topological polar surface area (TPSA) is 153 Å². The second-order valence-corrected chi connectivity index (χ2v) is 7.91. The average molecular weight is 447 g/mol. The number of rotatable bonds is 9. The standard InChI is InChI=1S/C24H25N5O4/c25-18(9-14-11-26-19-7-3-1-5-16(14)19)23(32)29-21(24(33)28-13-22(30)31)10-15-12-27-20-8-4-2-6-17(15)20/h1-8,11-12,18,21,26-27H,9-10,13,25H2,(H,28,33)(H,29,32)(H,30,31)/t18-,21-/m0/s1. The molecule has 2 aromatic heterocycles. The highest BCUT2D eigenvalue weighted by Gasteiger charge is 2.26. The number of aromatic nitrogens is 2. The van der Waals surface area contributed by atoms with E-state index in [-0.39, 0.29) is 12.8 Å². The van der Waals surface area contributed by atoms with Crippen molar-refractivity contribution in [2.75, 3.05) is 6.54 Å². The average Bonchev–Trinajstić information content (AvgIpc) is 3.41. The first-order chi connectivity index (χ1) is 15.9. The van der Waals surface area contributed by atoms with Crippen molar-refractivity contribution in [2.24, 2.45) is 5.73 Å². The summed E-state index contributed by atoms with van der Waals surface area (Å²) in [5.74, 6) is -2.25. The third-order valence-electron chi connectivity index (χ3n) is 5.60. The van der Waals surface area contributed by atoms with Gasteiger partial charge in [-0.3, -0.25) is 14.4 Å². The molecule has 0 radical (unpaired) electrons. The van der Waals surface area contributed by atoms with Crippen LogP contribution in [0.1, 0.15) is 11.1 Å². The lowest BCUT2D eigenvalue weighted by Crippen LogP contribution is -2.53. The summed E-state index contributed by atoms with van der Waals surface area (Å²) >= 11 is 0. The second kappa shape index (κ2) is 9.58. The minimum absolute atomic E-state index is 0.182. The minimum atomic E-state index is -1.17. The van der Waals surface area contributed by atoms with E-state index in [1.807, 2.05) is 54.7 Å². The summed E-state index contributed by atoms with van der Waals surface area (Å²) in [4.78, 5) is 42.8. The van der Waals surface area contributed by atoms with E-state index in [2.05, 4.69) is 20.6 Å². The van der Waals surface area contributed by atoms with Crippen LogP contribution in [0.5, 0.6) is 0 Å². The fraction of sp³-hybridized carbons (Fsp3) is 0.208. The van der Waals surface area contributed by atoms with Crippen molar-refractivity contribution in [3.8, 4) is 0 Å². The number of aromatic amines is 2. The molecule has 0 aliphatic carbocycles. The monoisotopic (exact) mass is 447 g/mol. The molecule has 4 aromatic rings. The molecule has 2 aromatic carbocycles. The highest BCUT2D eigenvalue weighted by Crippen LogP contribution is 2.20. The van der Waals surface area contributed by atoms with Crippen molar-refractivity contribution in [3.63, 3.8) is 0 Å². The Morgan fingerprint density at radius 3 is 1.97 bits per heavy atom. The molecule has 7 N–H and O–H groups in total. The Balaban J connectivity index is 1.50. The van der Waals surface area contributed by atoms with E-state index < -0.39 is 36.4 Å². The first kappa shape index (κ1) is 22.1. The van der Waals surface area contributed by atoms with Crippen molar-refractivity contribution in [1.82, 2.24) is 20.6 Å². The molecule has 0 bridgehead atoms. The molecule has 0 spiro atoms. The third-order valence-corrected chi connectivity index (χ3v) is 5.60. The SMILES string of the molecule is N[C@@H](Cc1c[nH]c2ccccc12)C(=O)N[C@@H](Cc1c[nH]c2ccccc12)C(=O)NCC(=O)O. The number of fused-ring (bicyclic) bond motifs is 2. The van der Waals surface area contributed by atoms with Crippen LogP contribution in [0, 0.1) is 0 Å². The quantitative estimate of drug-likeness (QED) is 0.229. The molecular formula is C24H25N5O4. The van der Waals surface area contributed by atoms with Gasteiger partial charge in [-0.15, -0.1) is 0 Å². The summed E-state index contributed by atoms with van der Waals surface area (Å²) in [6, 6.07) is 13.5. The van der Waals surface area contributed by atoms with Crippen LogP contribution in [0.15, 0.2) is 60.9 Å². The molecule has 0 saturated heterocycles. The van der Waals surface area contributed by atoms with Crippen molar-refractivity contribution in [1.29, 1.82) is 0 Å². The molecule has 0 saturated carbocycles. The van der Waals surface area contributed by atoms with Gasteiger partial charge in [0.25, 0.3) is 0 Å². The fourth-order valence-electron chi connectivity index (χ4n) is 3.92. The van der Waals surface area contributed by atoms with E-state index in [4.69, 9.17) is 10.8 Å². The number of carboxylic acids is 1. The summed E-state index contributed by atoms with van der Waals surface area (Å²) in [7, 11) is 0. The second-order valence-electron chi connectivity index (χ2n) is 7.91. The molecule has 2 amide bonds. The number of aliphatic carboxylic acids is 1. The summed E-state index contributed by atoms with van der Waals surface area (Å²) in [5.41, 5.74) is 9.75. The molecule has 0 aliphatic rings. The number of carbonyl (C=O) groups is 3. The lowest BCUT2D eigenvalue weighted by Gasteiger charge is -2.20. The van der Waals surface area contributed by atoms with Crippen molar-refractivity contribution in [3.05, 3.63) is 72.1 Å². The van der Waals surface area contributed by atoms with E-state index in [0.29, 0.717) is 0 Å². The van der Waals surface area contributed by atoms with E-state index in [0.717, 1.165) is 32.9 Å². The molecule has 2 atom stereocenters. The molecule has 0 aliphatic heterocycles. The number of nitrogens with two attached hydrogens (primary N) is 1. The van der Waals surface area contributed by atoms with Crippen LogP contribution in [0.25, 0.3) is 21.8 Å². The lowest BCUT2D eigenvalue weighted by molar-refractivity contribution is -0.138. The predicted molar refractivity (Wildman–Crippen MR) is 125 cm³/mol. The van der Waals surface area contributed by atoms with Crippen LogP contribution in [0.4, 0.5) is 0 Å². The maximum atomic E-state index is 12.9. The summed E-state index contributed by atoms with van der Waals surface area (Å²) in [6.45, 7) is -0.541. The number of H-pyrrole nitrogens is 2. The number of carbonyl (C=O) groups excluding carboxylic acids is 2. The van der Waals surface area contributed by atoms with Crippen molar-refractivity contribution < 1.29 is 19.5 Å². The Kier molecular flexibility index (Phi) is 6.41. The van der Waals surface area contributed by atoms with Gasteiger partial charge in [0.1, 0.15) is 12.6 Å².